The first-order valence-electron chi connectivity index (χ1n) is 13.3. The quantitative estimate of drug-likeness (QED) is 0.240. The van der Waals surface area contributed by atoms with Crippen molar-refractivity contribution in [2.45, 2.75) is 32.1 Å². The van der Waals surface area contributed by atoms with Gasteiger partial charge in [0.1, 0.15) is 17.0 Å². The van der Waals surface area contributed by atoms with Crippen LogP contribution in [0.2, 0.25) is 0 Å². The van der Waals surface area contributed by atoms with Gasteiger partial charge in [0.05, 0.1) is 17.3 Å². The molecule has 7 rings (SSSR count). The van der Waals surface area contributed by atoms with Crippen LogP contribution in [0.25, 0.3) is 56.0 Å². The molecule has 5 heterocycles. The lowest BCUT2D eigenvalue weighted by Crippen LogP contribution is -2.24. The summed E-state index contributed by atoms with van der Waals surface area (Å²) >= 11 is 0. The predicted octanol–water partition coefficient (Wildman–Crippen LogP) is 6.28. The van der Waals surface area contributed by atoms with Gasteiger partial charge in [0, 0.05) is 41.2 Å². The van der Waals surface area contributed by atoms with Crippen LogP contribution < -0.4 is 5.32 Å². The molecule has 1 aromatic carbocycles. The average molecular weight is 533 g/mol. The summed E-state index contributed by atoms with van der Waals surface area (Å²) in [7, 11) is 0. The molecule has 1 aliphatic carbocycles. The molecule has 5 aromatic heterocycles. The van der Waals surface area contributed by atoms with Crippen molar-refractivity contribution >= 4 is 33.8 Å². The van der Waals surface area contributed by atoms with Crippen molar-refractivity contribution in [3.63, 3.8) is 0 Å². The van der Waals surface area contributed by atoms with E-state index >= 15 is 0 Å². The fraction of sp³-hybridized carbons (Fsp3) is 0.200. The Hall–Kier alpha value is -4.99. The number of amides is 1. The maximum atomic E-state index is 13.9. The number of anilines is 1. The summed E-state index contributed by atoms with van der Waals surface area (Å²) in [6.45, 7) is 0. The molecule has 6 aromatic rings. The maximum absolute atomic E-state index is 13.9. The Labute approximate surface area is 228 Å². The van der Waals surface area contributed by atoms with Crippen LogP contribution in [0, 0.1) is 11.7 Å². The Balaban J connectivity index is 1.23. The van der Waals surface area contributed by atoms with Crippen LogP contribution in [-0.4, -0.2) is 41.0 Å². The van der Waals surface area contributed by atoms with Gasteiger partial charge >= 0.3 is 0 Å². The van der Waals surface area contributed by atoms with Crippen molar-refractivity contribution in [1.82, 2.24) is 35.1 Å². The van der Waals surface area contributed by atoms with E-state index in [2.05, 4.69) is 35.5 Å². The standard InChI is InChI=1S/C30H25FN8O/c31-21-8-4-7-18(11-21)23-9-10-33-28-25(23)36-29(37-28)26-24-13-20(15-34-27(24)39-38-26)19-12-22(16-32-14-19)35-30(40)17-5-2-1-3-6-17/h4,7-17H,1-3,5-6H2,(H,35,40)(H,33,36,37)(H,34,38,39). The van der Waals surface area contributed by atoms with E-state index in [-0.39, 0.29) is 17.6 Å². The molecule has 0 saturated heterocycles. The second kappa shape index (κ2) is 9.96. The van der Waals surface area contributed by atoms with Gasteiger partial charge in [-0.15, -0.1) is 0 Å². The van der Waals surface area contributed by atoms with E-state index < -0.39 is 0 Å². The van der Waals surface area contributed by atoms with Crippen LogP contribution in [0.4, 0.5) is 10.1 Å². The summed E-state index contributed by atoms with van der Waals surface area (Å²) in [6, 6.07) is 12.1. The molecule has 9 nitrogen and oxygen atoms in total. The number of nitrogens with zero attached hydrogens (tertiary/aromatic N) is 5. The third-order valence-corrected chi connectivity index (χ3v) is 7.48. The van der Waals surface area contributed by atoms with E-state index in [0.717, 1.165) is 47.8 Å². The highest BCUT2D eigenvalue weighted by atomic mass is 19.1. The van der Waals surface area contributed by atoms with Gasteiger partial charge in [-0.1, -0.05) is 31.4 Å². The van der Waals surface area contributed by atoms with Gasteiger partial charge in [-0.25, -0.2) is 19.3 Å². The van der Waals surface area contributed by atoms with Crippen LogP contribution in [0.1, 0.15) is 32.1 Å². The van der Waals surface area contributed by atoms with Gasteiger partial charge in [0.15, 0.2) is 17.1 Å². The molecule has 3 N–H and O–H groups in total. The minimum atomic E-state index is -0.317. The zero-order valence-electron chi connectivity index (χ0n) is 21.5. The summed E-state index contributed by atoms with van der Waals surface area (Å²) in [4.78, 5) is 34.2. The lowest BCUT2D eigenvalue weighted by Gasteiger charge is -2.20. The summed E-state index contributed by atoms with van der Waals surface area (Å²) in [6.07, 6.45) is 12.1. The number of hydrogen-bond acceptors (Lipinski definition) is 6. The zero-order valence-corrected chi connectivity index (χ0v) is 21.5. The van der Waals surface area contributed by atoms with Crippen molar-refractivity contribution < 1.29 is 9.18 Å². The summed E-state index contributed by atoms with van der Waals surface area (Å²) in [5, 5.41) is 11.3. The number of carbonyl (C=O) groups excluding carboxylic acids is 1. The summed E-state index contributed by atoms with van der Waals surface area (Å²) in [5.41, 5.74) is 6.17. The van der Waals surface area contributed by atoms with Crippen molar-refractivity contribution in [1.29, 1.82) is 0 Å². The molecule has 1 saturated carbocycles. The normalized spacial score (nSPS) is 14.1. The van der Waals surface area contributed by atoms with Crippen LogP contribution in [0.5, 0.6) is 0 Å². The molecule has 40 heavy (non-hydrogen) atoms. The molecule has 1 amide bonds. The van der Waals surface area contributed by atoms with E-state index in [1.807, 2.05) is 24.3 Å². The third-order valence-electron chi connectivity index (χ3n) is 7.48. The van der Waals surface area contributed by atoms with Gasteiger partial charge in [0.25, 0.3) is 0 Å². The van der Waals surface area contributed by atoms with E-state index in [0.29, 0.717) is 39.6 Å². The van der Waals surface area contributed by atoms with Crippen molar-refractivity contribution in [3.8, 4) is 33.8 Å². The minimum Gasteiger partial charge on any atom is -0.324 e. The Morgan fingerprint density at radius 3 is 2.67 bits per heavy atom. The number of fused-ring (bicyclic) bond motifs is 2. The van der Waals surface area contributed by atoms with E-state index in [9.17, 15) is 9.18 Å². The number of nitrogens with one attached hydrogen (secondary N) is 3. The number of aromatic amines is 2. The van der Waals surface area contributed by atoms with Crippen LogP contribution in [0.15, 0.2) is 67.3 Å². The molecule has 1 fully saturated rings. The Morgan fingerprint density at radius 1 is 0.925 bits per heavy atom. The number of benzene rings is 1. The molecule has 0 atom stereocenters. The minimum absolute atomic E-state index is 0.0560. The summed E-state index contributed by atoms with van der Waals surface area (Å²) < 4.78 is 13.9. The van der Waals surface area contributed by atoms with Gasteiger partial charge < -0.3 is 10.3 Å². The van der Waals surface area contributed by atoms with Crippen molar-refractivity contribution in [3.05, 3.63) is 73.1 Å². The smallest absolute Gasteiger partial charge is 0.227 e. The second-order valence-electron chi connectivity index (χ2n) is 10.1. The first-order valence-corrected chi connectivity index (χ1v) is 13.3. The highest BCUT2D eigenvalue weighted by Crippen LogP contribution is 2.32. The second-order valence-corrected chi connectivity index (χ2v) is 10.1. The van der Waals surface area contributed by atoms with Crippen molar-refractivity contribution in [2.24, 2.45) is 5.92 Å². The molecule has 10 heteroatoms. The fourth-order valence-corrected chi connectivity index (χ4v) is 5.43. The highest BCUT2D eigenvalue weighted by Gasteiger charge is 2.21. The SMILES string of the molecule is O=C(Nc1cncc(-c2cnc3[nH]nc(-c4nc5c(-c6cccc(F)c6)ccnc5[nH]4)c3c2)c1)C1CCCCC1. The van der Waals surface area contributed by atoms with E-state index in [1.165, 1.54) is 18.6 Å². The monoisotopic (exact) mass is 532 g/mol. The lowest BCUT2D eigenvalue weighted by molar-refractivity contribution is -0.120. The molecular weight excluding hydrogens is 507 g/mol. The topological polar surface area (TPSA) is 125 Å². The van der Waals surface area contributed by atoms with Crippen LogP contribution in [0.3, 0.4) is 0 Å². The van der Waals surface area contributed by atoms with Gasteiger partial charge in [-0.2, -0.15) is 5.10 Å². The largest absolute Gasteiger partial charge is 0.324 e. The van der Waals surface area contributed by atoms with Gasteiger partial charge in [-0.05, 0) is 48.7 Å². The van der Waals surface area contributed by atoms with Crippen LogP contribution in [-0.2, 0) is 4.79 Å². The van der Waals surface area contributed by atoms with E-state index in [1.54, 1.807) is 30.9 Å². The zero-order chi connectivity index (χ0) is 27.1. The number of carbonyl (C=O) groups is 1. The predicted molar refractivity (Wildman–Crippen MR) is 151 cm³/mol. The molecule has 1 aliphatic rings. The number of imidazole rings is 1. The number of halogens is 1. The number of pyridine rings is 3. The Kier molecular flexibility index (Phi) is 5.99. The molecular formula is C30H25FN8O. The molecule has 0 bridgehead atoms. The average Bonchev–Trinajstić information content (AvgIpc) is 3.61. The molecule has 0 unspecified atom stereocenters. The van der Waals surface area contributed by atoms with Crippen molar-refractivity contribution in [2.75, 3.05) is 5.32 Å². The Morgan fingerprint density at radius 2 is 1.80 bits per heavy atom. The number of aromatic nitrogens is 7. The number of H-pyrrole nitrogens is 2. The fourth-order valence-electron chi connectivity index (χ4n) is 5.43. The van der Waals surface area contributed by atoms with Gasteiger partial charge in [0.2, 0.25) is 5.91 Å². The number of rotatable bonds is 5. The third kappa shape index (κ3) is 4.47. The van der Waals surface area contributed by atoms with E-state index in [4.69, 9.17) is 4.98 Å². The Bertz CT molecular complexity index is 1870. The molecule has 198 valence electrons. The number of hydrogen-bond donors (Lipinski definition) is 3. The molecule has 0 radical (unpaired) electrons. The first-order chi connectivity index (χ1) is 19.6. The molecule has 0 spiro atoms. The maximum Gasteiger partial charge on any atom is 0.227 e. The first kappa shape index (κ1) is 24.1. The highest BCUT2D eigenvalue weighted by molar-refractivity contribution is 5.96. The lowest BCUT2D eigenvalue weighted by atomic mass is 9.88. The summed E-state index contributed by atoms with van der Waals surface area (Å²) in [5.74, 6) is 0.314. The van der Waals surface area contributed by atoms with Gasteiger partial charge in [-0.3, -0.25) is 14.9 Å². The molecule has 0 aliphatic heterocycles. The van der Waals surface area contributed by atoms with Crippen LogP contribution >= 0.6 is 0 Å².